The van der Waals surface area contributed by atoms with Crippen molar-refractivity contribution < 1.29 is 14.1 Å². The van der Waals surface area contributed by atoms with Crippen LogP contribution in [0, 0.1) is 20.8 Å². The minimum absolute atomic E-state index is 0.111. The third-order valence-corrected chi connectivity index (χ3v) is 5.57. The molecule has 3 aromatic heterocycles. The highest BCUT2D eigenvalue weighted by Crippen LogP contribution is 2.16. The van der Waals surface area contributed by atoms with E-state index >= 15 is 0 Å². The second kappa shape index (κ2) is 8.80. The lowest BCUT2D eigenvalue weighted by molar-refractivity contribution is -0.133. The smallest absolute Gasteiger partial charge is 0.252 e. The Labute approximate surface area is 179 Å². The average molecular weight is 426 g/mol. The summed E-state index contributed by atoms with van der Waals surface area (Å²) in [5, 5.41) is 10.7. The molecule has 0 aliphatic carbocycles. The Bertz CT molecular complexity index is 1100. The second-order valence-electron chi connectivity index (χ2n) is 7.76. The Balaban J connectivity index is 1.25. The highest BCUT2D eigenvalue weighted by Gasteiger charge is 2.23. The summed E-state index contributed by atoms with van der Waals surface area (Å²) in [4.78, 5) is 37.4. The molecule has 0 spiro atoms. The van der Waals surface area contributed by atoms with Gasteiger partial charge in [-0.1, -0.05) is 5.16 Å². The average Bonchev–Trinajstić information content (AvgIpc) is 3.36. The lowest BCUT2D eigenvalue weighted by atomic mass is 10.1. The van der Waals surface area contributed by atoms with Crippen LogP contribution in [0.5, 0.6) is 0 Å². The number of fused-ring (bicyclic) bond motifs is 1. The van der Waals surface area contributed by atoms with Gasteiger partial charge in [0, 0.05) is 50.1 Å². The minimum atomic E-state index is -0.143. The Kier molecular flexibility index (Phi) is 5.94. The van der Waals surface area contributed by atoms with Gasteiger partial charge >= 0.3 is 0 Å². The molecule has 11 nitrogen and oxygen atoms in total. The molecule has 31 heavy (non-hydrogen) atoms. The highest BCUT2D eigenvalue weighted by molar-refractivity contribution is 5.91. The van der Waals surface area contributed by atoms with E-state index in [-0.39, 0.29) is 18.4 Å². The fourth-order valence-electron chi connectivity index (χ4n) is 3.87. The maximum atomic E-state index is 12.7. The van der Waals surface area contributed by atoms with Crippen LogP contribution in [0.3, 0.4) is 0 Å². The van der Waals surface area contributed by atoms with E-state index in [9.17, 15) is 9.59 Å². The minimum Gasteiger partial charge on any atom is -0.360 e. The molecule has 4 rings (SSSR count). The molecular weight excluding hydrogens is 400 g/mol. The van der Waals surface area contributed by atoms with E-state index in [1.165, 1.54) is 6.33 Å². The summed E-state index contributed by atoms with van der Waals surface area (Å²) in [6, 6.07) is 1.67. The quantitative estimate of drug-likeness (QED) is 0.613. The van der Waals surface area contributed by atoms with Gasteiger partial charge in [-0.15, -0.1) is 0 Å². The van der Waals surface area contributed by atoms with Crippen LogP contribution in [0.25, 0.3) is 5.78 Å². The first-order valence-electron chi connectivity index (χ1n) is 10.3. The van der Waals surface area contributed by atoms with Crippen LogP contribution < -0.4 is 5.32 Å². The van der Waals surface area contributed by atoms with Crippen molar-refractivity contribution in [3.05, 3.63) is 35.1 Å². The molecule has 1 aliphatic rings. The first-order chi connectivity index (χ1) is 14.9. The van der Waals surface area contributed by atoms with Crippen LogP contribution in [0.1, 0.15) is 29.1 Å². The summed E-state index contributed by atoms with van der Waals surface area (Å²) in [6.45, 7) is 8.46. The zero-order valence-electron chi connectivity index (χ0n) is 18.0. The molecule has 1 aliphatic heterocycles. The number of nitrogens with one attached hydrogen (secondary N) is 1. The molecule has 2 amide bonds. The van der Waals surface area contributed by atoms with Gasteiger partial charge in [0.1, 0.15) is 12.1 Å². The van der Waals surface area contributed by atoms with Crippen LogP contribution in [-0.2, 0) is 16.0 Å². The van der Waals surface area contributed by atoms with Crippen molar-refractivity contribution >= 4 is 23.4 Å². The molecule has 0 saturated carbocycles. The Hall–Kier alpha value is -3.34. The first kappa shape index (κ1) is 20.9. The van der Waals surface area contributed by atoms with Gasteiger partial charge in [0.2, 0.25) is 11.8 Å². The van der Waals surface area contributed by atoms with Crippen molar-refractivity contribution in [1.82, 2.24) is 34.5 Å². The normalized spacial score (nSPS) is 14.9. The molecule has 0 bridgehead atoms. The van der Waals surface area contributed by atoms with Crippen LogP contribution in [0.2, 0.25) is 0 Å². The Morgan fingerprint density at radius 1 is 1.16 bits per heavy atom. The van der Waals surface area contributed by atoms with Gasteiger partial charge in [-0.25, -0.2) is 9.50 Å². The van der Waals surface area contributed by atoms with Crippen molar-refractivity contribution in [3.8, 4) is 0 Å². The van der Waals surface area contributed by atoms with Gasteiger partial charge in [0.25, 0.3) is 5.78 Å². The summed E-state index contributed by atoms with van der Waals surface area (Å²) in [6.07, 6.45) is 2.50. The maximum absolute atomic E-state index is 12.7. The molecular formula is C20H26N8O3. The van der Waals surface area contributed by atoms with E-state index in [4.69, 9.17) is 4.52 Å². The largest absolute Gasteiger partial charge is 0.360 e. The third-order valence-electron chi connectivity index (χ3n) is 5.57. The molecule has 1 saturated heterocycles. The number of hydrogen-bond acceptors (Lipinski definition) is 8. The van der Waals surface area contributed by atoms with Crippen molar-refractivity contribution in [2.45, 2.75) is 33.6 Å². The zero-order chi connectivity index (χ0) is 22.0. The number of rotatable bonds is 6. The molecule has 0 aromatic carbocycles. The fourth-order valence-corrected chi connectivity index (χ4v) is 3.87. The van der Waals surface area contributed by atoms with Crippen LogP contribution in [0.15, 0.2) is 16.9 Å². The van der Waals surface area contributed by atoms with E-state index in [2.05, 4.69) is 25.5 Å². The number of carbonyl (C=O) groups excluding carboxylic acids is 2. The fraction of sp³-hybridized carbons (Fsp3) is 0.500. The summed E-state index contributed by atoms with van der Waals surface area (Å²) >= 11 is 0. The van der Waals surface area contributed by atoms with Gasteiger partial charge in [-0.2, -0.15) is 10.1 Å². The van der Waals surface area contributed by atoms with Crippen LogP contribution in [0.4, 0.5) is 5.82 Å². The van der Waals surface area contributed by atoms with Crippen molar-refractivity contribution in [2.24, 2.45) is 0 Å². The number of aryl methyl sites for hydroxylation is 3. The van der Waals surface area contributed by atoms with Crippen LogP contribution in [-0.4, -0.2) is 79.1 Å². The number of anilines is 1. The van der Waals surface area contributed by atoms with Crippen LogP contribution >= 0.6 is 0 Å². The predicted octanol–water partition coefficient (Wildman–Crippen LogP) is 0.753. The molecule has 0 radical (unpaired) electrons. The highest BCUT2D eigenvalue weighted by atomic mass is 16.5. The lowest BCUT2D eigenvalue weighted by Gasteiger charge is -2.34. The van der Waals surface area contributed by atoms with Gasteiger partial charge in [0.15, 0.2) is 5.82 Å². The standard InChI is InChI=1S/C20H26N8O3/c1-13-10-17(25-31-13)24-18(29)11-26-6-8-27(9-7-26)19(30)5-4-16-14(2)23-20-21-12-22-28(20)15(16)3/h10,12H,4-9,11H2,1-3H3,(H,24,25,29). The van der Waals surface area contributed by atoms with Gasteiger partial charge in [-0.05, 0) is 32.8 Å². The predicted molar refractivity (Wildman–Crippen MR) is 111 cm³/mol. The van der Waals surface area contributed by atoms with E-state index in [0.29, 0.717) is 56.4 Å². The maximum Gasteiger partial charge on any atom is 0.252 e. The van der Waals surface area contributed by atoms with E-state index < -0.39 is 0 Å². The summed E-state index contributed by atoms with van der Waals surface area (Å²) in [5.74, 6) is 1.60. The van der Waals surface area contributed by atoms with E-state index in [0.717, 1.165) is 17.0 Å². The Morgan fingerprint density at radius 2 is 1.94 bits per heavy atom. The summed E-state index contributed by atoms with van der Waals surface area (Å²) in [7, 11) is 0. The monoisotopic (exact) mass is 426 g/mol. The van der Waals surface area contributed by atoms with E-state index in [1.54, 1.807) is 17.5 Å². The molecule has 0 atom stereocenters. The Morgan fingerprint density at radius 3 is 2.65 bits per heavy atom. The zero-order valence-corrected chi connectivity index (χ0v) is 18.0. The van der Waals surface area contributed by atoms with Crippen molar-refractivity contribution in [1.29, 1.82) is 0 Å². The number of nitrogens with zero attached hydrogens (tertiary/aromatic N) is 7. The number of piperazine rings is 1. The molecule has 4 heterocycles. The van der Waals surface area contributed by atoms with Gasteiger partial charge in [0.05, 0.1) is 6.54 Å². The SMILES string of the molecule is Cc1cc(NC(=O)CN2CCN(C(=O)CCc3c(C)nc4ncnn4c3C)CC2)no1. The number of hydrogen-bond donors (Lipinski definition) is 1. The lowest BCUT2D eigenvalue weighted by Crippen LogP contribution is -2.50. The van der Waals surface area contributed by atoms with Gasteiger partial charge < -0.3 is 14.7 Å². The topological polar surface area (TPSA) is 122 Å². The number of amides is 2. The summed E-state index contributed by atoms with van der Waals surface area (Å²) in [5.41, 5.74) is 2.87. The summed E-state index contributed by atoms with van der Waals surface area (Å²) < 4.78 is 6.65. The van der Waals surface area contributed by atoms with Crippen molar-refractivity contribution in [3.63, 3.8) is 0 Å². The van der Waals surface area contributed by atoms with Gasteiger partial charge in [-0.3, -0.25) is 14.5 Å². The first-order valence-corrected chi connectivity index (χ1v) is 10.3. The molecule has 3 aromatic rings. The molecule has 1 fully saturated rings. The molecule has 0 unspecified atom stereocenters. The number of carbonyl (C=O) groups is 2. The second-order valence-corrected chi connectivity index (χ2v) is 7.76. The van der Waals surface area contributed by atoms with E-state index in [1.807, 2.05) is 23.6 Å². The molecule has 11 heteroatoms. The number of aromatic nitrogens is 5. The van der Waals surface area contributed by atoms with Crippen molar-refractivity contribution in [2.75, 3.05) is 38.0 Å². The third kappa shape index (κ3) is 4.71. The molecule has 164 valence electrons. The molecule has 1 N–H and O–H groups in total.